The van der Waals surface area contributed by atoms with E-state index in [4.69, 9.17) is 23.2 Å². The van der Waals surface area contributed by atoms with Crippen molar-refractivity contribution in [3.63, 3.8) is 0 Å². The van der Waals surface area contributed by atoms with E-state index in [1.807, 2.05) is 0 Å². The lowest BCUT2D eigenvalue weighted by Crippen LogP contribution is -2.33. The maximum atomic E-state index is 12.3. The van der Waals surface area contributed by atoms with Crippen molar-refractivity contribution in [2.45, 2.75) is 13.8 Å². The molecule has 0 unspecified atom stereocenters. The van der Waals surface area contributed by atoms with Gasteiger partial charge in [-0.2, -0.15) is 5.10 Å². The molecule has 2 rings (SSSR count). The van der Waals surface area contributed by atoms with Gasteiger partial charge in [-0.3, -0.25) is 9.59 Å². The van der Waals surface area contributed by atoms with Crippen molar-refractivity contribution in [1.82, 2.24) is 10.7 Å². The first kappa shape index (κ1) is 19.7. The van der Waals surface area contributed by atoms with Crippen LogP contribution >= 0.6 is 23.2 Å². The van der Waals surface area contributed by atoms with Gasteiger partial charge in [0.25, 0.3) is 11.8 Å². The predicted molar refractivity (Wildman–Crippen MR) is 104 cm³/mol. The van der Waals surface area contributed by atoms with Crippen LogP contribution in [0.2, 0.25) is 10.0 Å². The van der Waals surface area contributed by atoms with E-state index in [1.165, 1.54) is 6.21 Å². The highest BCUT2D eigenvalue weighted by atomic mass is 35.5. The average molecular weight is 390 g/mol. The standard InChI is InChI=1S/C19H17Cl2N3O2/c1-12(2)17(23-18(25)13-7-4-3-5-8-13)19(26)24-22-11-14-9-6-10-15(20)16(14)21/h3-11H,1-2H3,(H,23,25)(H,24,26). The van der Waals surface area contributed by atoms with E-state index < -0.39 is 5.91 Å². The molecule has 2 amide bonds. The van der Waals surface area contributed by atoms with Gasteiger partial charge in [0.2, 0.25) is 0 Å². The van der Waals surface area contributed by atoms with Crippen LogP contribution in [0.25, 0.3) is 0 Å². The van der Waals surface area contributed by atoms with Crippen LogP contribution in [0.4, 0.5) is 0 Å². The van der Waals surface area contributed by atoms with Gasteiger partial charge in [0.1, 0.15) is 5.70 Å². The number of carbonyl (C=O) groups excluding carboxylic acids is 2. The highest BCUT2D eigenvalue weighted by Crippen LogP contribution is 2.24. The second-order valence-corrected chi connectivity index (χ2v) is 6.32. The molecule has 5 nitrogen and oxygen atoms in total. The van der Waals surface area contributed by atoms with Crippen LogP contribution in [0.5, 0.6) is 0 Å². The van der Waals surface area contributed by atoms with Gasteiger partial charge in [-0.25, -0.2) is 5.43 Å². The van der Waals surface area contributed by atoms with E-state index in [2.05, 4.69) is 15.8 Å². The number of nitrogens with zero attached hydrogens (tertiary/aromatic N) is 1. The van der Waals surface area contributed by atoms with Crippen LogP contribution in [0.15, 0.2) is 64.9 Å². The zero-order chi connectivity index (χ0) is 19.1. The molecule has 0 radical (unpaired) electrons. The number of carbonyl (C=O) groups is 2. The molecule has 0 aliphatic rings. The van der Waals surface area contributed by atoms with Crippen LogP contribution in [0.3, 0.4) is 0 Å². The Morgan fingerprint density at radius 2 is 1.69 bits per heavy atom. The monoisotopic (exact) mass is 389 g/mol. The lowest BCUT2D eigenvalue weighted by molar-refractivity contribution is -0.117. The number of hydrazone groups is 1. The average Bonchev–Trinajstić information content (AvgIpc) is 2.63. The summed E-state index contributed by atoms with van der Waals surface area (Å²) < 4.78 is 0. The van der Waals surface area contributed by atoms with Crippen molar-refractivity contribution in [1.29, 1.82) is 0 Å². The van der Waals surface area contributed by atoms with Gasteiger partial charge in [-0.1, -0.05) is 53.5 Å². The highest BCUT2D eigenvalue weighted by Gasteiger charge is 2.15. The van der Waals surface area contributed by atoms with Gasteiger partial charge in [-0.05, 0) is 37.6 Å². The molecule has 26 heavy (non-hydrogen) atoms. The Balaban J connectivity index is 2.07. The molecule has 0 fully saturated rings. The summed E-state index contributed by atoms with van der Waals surface area (Å²) >= 11 is 12.0. The van der Waals surface area contributed by atoms with Crippen molar-refractivity contribution >= 4 is 41.2 Å². The number of hydrogen-bond acceptors (Lipinski definition) is 3. The first-order chi connectivity index (χ1) is 12.4. The Morgan fingerprint density at radius 3 is 2.35 bits per heavy atom. The molecule has 0 saturated heterocycles. The number of benzene rings is 2. The third-order valence-electron chi connectivity index (χ3n) is 3.35. The summed E-state index contributed by atoms with van der Waals surface area (Å²) in [5.74, 6) is -0.914. The number of rotatable bonds is 5. The van der Waals surface area contributed by atoms with E-state index in [9.17, 15) is 9.59 Å². The van der Waals surface area contributed by atoms with Gasteiger partial charge < -0.3 is 5.32 Å². The lowest BCUT2D eigenvalue weighted by atomic mass is 10.2. The van der Waals surface area contributed by atoms with Crippen molar-refractivity contribution in [3.05, 3.63) is 81.0 Å². The first-order valence-corrected chi connectivity index (χ1v) is 8.47. The SMILES string of the molecule is CC(C)=C(NC(=O)c1ccccc1)C(=O)NN=Cc1cccc(Cl)c1Cl. The molecule has 2 aromatic rings. The maximum absolute atomic E-state index is 12.3. The van der Waals surface area contributed by atoms with Crippen molar-refractivity contribution in [2.75, 3.05) is 0 Å². The normalized spacial score (nSPS) is 10.5. The Bertz CT molecular complexity index is 874. The zero-order valence-electron chi connectivity index (χ0n) is 14.2. The molecule has 0 saturated carbocycles. The Labute approximate surface area is 161 Å². The topological polar surface area (TPSA) is 70.6 Å². The van der Waals surface area contributed by atoms with E-state index >= 15 is 0 Å². The van der Waals surface area contributed by atoms with Crippen molar-refractivity contribution < 1.29 is 9.59 Å². The quantitative estimate of drug-likeness (QED) is 0.457. The minimum absolute atomic E-state index is 0.133. The fourth-order valence-electron chi connectivity index (χ4n) is 2.02. The van der Waals surface area contributed by atoms with Crippen molar-refractivity contribution in [3.8, 4) is 0 Å². The molecule has 7 heteroatoms. The van der Waals surface area contributed by atoms with Gasteiger partial charge in [-0.15, -0.1) is 0 Å². The fraction of sp³-hybridized carbons (Fsp3) is 0.105. The molecule has 0 aromatic heterocycles. The fourth-order valence-corrected chi connectivity index (χ4v) is 2.38. The van der Waals surface area contributed by atoms with Crippen LogP contribution in [-0.2, 0) is 4.79 Å². The van der Waals surface area contributed by atoms with E-state index in [1.54, 1.807) is 62.4 Å². The molecule has 0 bridgehead atoms. The zero-order valence-corrected chi connectivity index (χ0v) is 15.7. The molecule has 0 aliphatic heterocycles. The molecule has 0 atom stereocenters. The summed E-state index contributed by atoms with van der Waals surface area (Å²) in [6.45, 7) is 3.44. The van der Waals surface area contributed by atoms with Gasteiger partial charge in [0.05, 0.1) is 16.3 Å². The number of amides is 2. The molecule has 0 aliphatic carbocycles. The van der Waals surface area contributed by atoms with Crippen LogP contribution in [0.1, 0.15) is 29.8 Å². The lowest BCUT2D eigenvalue weighted by Gasteiger charge is -2.10. The highest BCUT2D eigenvalue weighted by molar-refractivity contribution is 6.43. The number of allylic oxidation sites excluding steroid dienone is 1. The summed E-state index contributed by atoms with van der Waals surface area (Å²) in [6, 6.07) is 13.7. The second-order valence-electron chi connectivity index (χ2n) is 5.54. The van der Waals surface area contributed by atoms with E-state index in [0.29, 0.717) is 26.7 Å². The summed E-state index contributed by atoms with van der Waals surface area (Å²) in [5, 5.41) is 7.21. The third-order valence-corrected chi connectivity index (χ3v) is 4.19. The molecule has 134 valence electrons. The van der Waals surface area contributed by atoms with Crippen LogP contribution in [0, 0.1) is 0 Å². The Morgan fingerprint density at radius 1 is 1.00 bits per heavy atom. The summed E-state index contributed by atoms with van der Waals surface area (Å²) in [4.78, 5) is 24.6. The van der Waals surface area contributed by atoms with Gasteiger partial charge in [0, 0.05) is 11.1 Å². The first-order valence-electron chi connectivity index (χ1n) is 7.71. The minimum atomic E-state index is -0.538. The van der Waals surface area contributed by atoms with E-state index in [-0.39, 0.29) is 11.6 Å². The molecular weight excluding hydrogens is 373 g/mol. The maximum Gasteiger partial charge on any atom is 0.287 e. The summed E-state index contributed by atoms with van der Waals surface area (Å²) in [7, 11) is 0. The minimum Gasteiger partial charge on any atom is -0.317 e. The van der Waals surface area contributed by atoms with Crippen LogP contribution in [-0.4, -0.2) is 18.0 Å². The number of halogens is 2. The number of nitrogens with one attached hydrogen (secondary N) is 2. The number of hydrogen-bond donors (Lipinski definition) is 2. The molecule has 0 spiro atoms. The predicted octanol–water partition coefficient (Wildman–Crippen LogP) is 4.17. The Kier molecular flexibility index (Phi) is 6.95. The molecule has 2 aromatic carbocycles. The summed E-state index contributed by atoms with van der Waals surface area (Å²) in [6.07, 6.45) is 1.38. The Hall–Kier alpha value is -2.63. The third kappa shape index (κ3) is 5.18. The van der Waals surface area contributed by atoms with Crippen molar-refractivity contribution in [2.24, 2.45) is 5.10 Å². The largest absolute Gasteiger partial charge is 0.317 e. The van der Waals surface area contributed by atoms with Gasteiger partial charge >= 0.3 is 0 Å². The molecular formula is C19H17Cl2N3O2. The van der Waals surface area contributed by atoms with Gasteiger partial charge in [0.15, 0.2) is 0 Å². The molecule has 0 heterocycles. The van der Waals surface area contributed by atoms with Crippen LogP contribution < -0.4 is 10.7 Å². The van der Waals surface area contributed by atoms with E-state index in [0.717, 1.165) is 0 Å². The second kappa shape index (κ2) is 9.17. The molecule has 2 N–H and O–H groups in total. The smallest absolute Gasteiger partial charge is 0.287 e. The summed E-state index contributed by atoms with van der Waals surface area (Å²) in [5.41, 5.74) is 4.16.